The third-order valence-corrected chi connectivity index (χ3v) is 4.08. The Morgan fingerprint density at radius 2 is 2.05 bits per heavy atom. The molecule has 0 unspecified atom stereocenters. The van der Waals surface area contributed by atoms with Gasteiger partial charge in [-0.25, -0.2) is 4.79 Å². The Kier molecular flexibility index (Phi) is 6.51. The highest BCUT2D eigenvalue weighted by Crippen LogP contribution is 2.34. The summed E-state index contributed by atoms with van der Waals surface area (Å²) in [6.07, 6.45) is 1.12. The number of esters is 1. The average molecular weight is 348 g/mol. The van der Waals surface area contributed by atoms with Crippen molar-refractivity contribution in [1.82, 2.24) is 0 Å². The predicted octanol–water partition coefficient (Wildman–Crippen LogP) is 3.52. The Balaban J connectivity index is 3.09. The van der Waals surface area contributed by atoms with E-state index in [2.05, 4.69) is 21.2 Å². The van der Waals surface area contributed by atoms with E-state index < -0.39 is 0 Å². The molecule has 0 radical (unpaired) electrons. The van der Waals surface area contributed by atoms with Gasteiger partial charge in [0.15, 0.2) is 0 Å². The number of aryl methyl sites for hydroxylation is 1. The summed E-state index contributed by atoms with van der Waals surface area (Å²) in [6.45, 7) is 6.03. The molecule has 0 saturated carbocycles. The first-order valence-corrected chi connectivity index (χ1v) is 8.14. The first-order chi connectivity index (χ1) is 9.04. The maximum atomic E-state index is 12.0. The van der Waals surface area contributed by atoms with Crippen molar-refractivity contribution >= 4 is 44.1 Å². The number of halogens is 1. The molecule has 0 atom stereocenters. The molecular weight excluding hydrogens is 330 g/mol. The molecule has 1 aromatic rings. The summed E-state index contributed by atoms with van der Waals surface area (Å²) in [4.78, 5) is 24.7. The van der Waals surface area contributed by atoms with Crippen LogP contribution in [0.25, 0.3) is 0 Å². The molecule has 1 rings (SSSR count). The van der Waals surface area contributed by atoms with Crippen molar-refractivity contribution in [2.75, 3.05) is 17.3 Å². The standard InChI is InChI=1S/C13H18BrNO3S/c1-4-9-8(3)19-12(15-10(16)6-7-14)11(9)13(17)18-5-2/h4-7H2,1-3H3,(H,15,16). The molecule has 0 aromatic carbocycles. The molecule has 0 saturated heterocycles. The average Bonchev–Trinajstić information content (AvgIpc) is 2.65. The molecule has 6 heteroatoms. The third-order valence-electron chi connectivity index (χ3n) is 2.62. The van der Waals surface area contributed by atoms with Crippen molar-refractivity contribution in [3.05, 3.63) is 16.0 Å². The molecule has 4 nitrogen and oxygen atoms in total. The maximum absolute atomic E-state index is 12.0. The highest BCUT2D eigenvalue weighted by molar-refractivity contribution is 9.09. The van der Waals surface area contributed by atoms with Crippen LogP contribution in [0.2, 0.25) is 0 Å². The summed E-state index contributed by atoms with van der Waals surface area (Å²) < 4.78 is 5.07. The van der Waals surface area contributed by atoms with Gasteiger partial charge in [-0.05, 0) is 25.8 Å². The quantitative estimate of drug-likeness (QED) is 0.632. The van der Waals surface area contributed by atoms with Crippen molar-refractivity contribution in [3.63, 3.8) is 0 Å². The molecular formula is C13H18BrNO3S. The van der Waals surface area contributed by atoms with Crippen LogP contribution in [0.4, 0.5) is 5.00 Å². The molecule has 106 valence electrons. The minimum absolute atomic E-state index is 0.105. The zero-order valence-electron chi connectivity index (χ0n) is 11.3. The number of anilines is 1. The molecule has 0 aliphatic rings. The van der Waals surface area contributed by atoms with Crippen LogP contribution in [-0.2, 0) is 16.0 Å². The number of ether oxygens (including phenoxy) is 1. The second kappa shape index (κ2) is 7.65. The van der Waals surface area contributed by atoms with E-state index in [9.17, 15) is 9.59 Å². The summed E-state index contributed by atoms with van der Waals surface area (Å²) >= 11 is 4.65. The van der Waals surface area contributed by atoms with Gasteiger partial charge in [0.25, 0.3) is 0 Å². The number of hydrogen-bond acceptors (Lipinski definition) is 4. The van der Waals surface area contributed by atoms with Gasteiger partial charge in [-0.3, -0.25) is 4.79 Å². The van der Waals surface area contributed by atoms with Crippen LogP contribution >= 0.6 is 27.3 Å². The lowest BCUT2D eigenvalue weighted by Crippen LogP contribution is -2.15. The van der Waals surface area contributed by atoms with Gasteiger partial charge in [-0.15, -0.1) is 11.3 Å². The molecule has 0 fully saturated rings. The van der Waals surface area contributed by atoms with Gasteiger partial charge in [0, 0.05) is 16.6 Å². The fourth-order valence-electron chi connectivity index (χ4n) is 1.79. The Hall–Kier alpha value is -0.880. The SMILES string of the molecule is CCOC(=O)c1c(NC(=O)CCBr)sc(C)c1CC. The summed E-state index contributed by atoms with van der Waals surface area (Å²) in [5.41, 5.74) is 1.47. The normalized spacial score (nSPS) is 10.3. The largest absolute Gasteiger partial charge is 0.462 e. The van der Waals surface area contributed by atoms with Crippen molar-refractivity contribution in [2.24, 2.45) is 0 Å². The number of hydrogen-bond donors (Lipinski definition) is 1. The zero-order chi connectivity index (χ0) is 14.4. The fourth-order valence-corrected chi connectivity index (χ4v) is 3.30. The van der Waals surface area contributed by atoms with E-state index in [0.717, 1.165) is 16.9 Å². The van der Waals surface area contributed by atoms with Crippen molar-refractivity contribution < 1.29 is 14.3 Å². The number of thiophene rings is 1. The second-order valence-corrected chi connectivity index (χ2v) is 5.92. The van der Waals surface area contributed by atoms with Gasteiger partial charge in [-0.1, -0.05) is 22.9 Å². The van der Waals surface area contributed by atoms with Crippen molar-refractivity contribution in [3.8, 4) is 0 Å². The number of amides is 1. The van der Waals surface area contributed by atoms with E-state index in [-0.39, 0.29) is 11.9 Å². The van der Waals surface area contributed by atoms with Crippen LogP contribution in [0.15, 0.2) is 0 Å². The molecule has 0 aliphatic heterocycles. The predicted molar refractivity (Wildman–Crippen MR) is 81.4 cm³/mol. The summed E-state index contributed by atoms with van der Waals surface area (Å²) in [5.74, 6) is -0.468. The Bertz CT molecular complexity index is 471. The topological polar surface area (TPSA) is 55.4 Å². The Morgan fingerprint density at radius 1 is 1.37 bits per heavy atom. The lowest BCUT2D eigenvalue weighted by atomic mass is 10.1. The number of nitrogens with one attached hydrogen (secondary N) is 1. The van der Waals surface area contributed by atoms with Crippen LogP contribution in [0.1, 0.15) is 41.1 Å². The Labute approximate surface area is 125 Å². The van der Waals surface area contributed by atoms with E-state index in [4.69, 9.17) is 4.74 Å². The highest BCUT2D eigenvalue weighted by atomic mass is 79.9. The minimum atomic E-state index is -0.363. The number of carbonyl (C=O) groups excluding carboxylic acids is 2. The molecule has 1 N–H and O–H groups in total. The van der Waals surface area contributed by atoms with Crippen LogP contribution in [0.5, 0.6) is 0 Å². The maximum Gasteiger partial charge on any atom is 0.341 e. The van der Waals surface area contributed by atoms with Gasteiger partial charge < -0.3 is 10.1 Å². The fraction of sp³-hybridized carbons (Fsp3) is 0.538. The first kappa shape index (κ1) is 16.2. The monoisotopic (exact) mass is 347 g/mol. The zero-order valence-corrected chi connectivity index (χ0v) is 13.7. The van der Waals surface area contributed by atoms with Crippen LogP contribution in [0.3, 0.4) is 0 Å². The molecule has 0 spiro atoms. The van der Waals surface area contributed by atoms with Crippen molar-refractivity contribution in [2.45, 2.75) is 33.6 Å². The van der Waals surface area contributed by atoms with Crippen LogP contribution < -0.4 is 5.32 Å². The summed E-state index contributed by atoms with van der Waals surface area (Å²) in [7, 11) is 0. The molecule has 1 amide bonds. The van der Waals surface area contributed by atoms with E-state index in [1.807, 2.05) is 13.8 Å². The molecule has 0 aliphatic carbocycles. The number of rotatable bonds is 6. The van der Waals surface area contributed by atoms with Crippen LogP contribution in [-0.4, -0.2) is 23.8 Å². The number of alkyl halides is 1. The van der Waals surface area contributed by atoms with E-state index in [0.29, 0.717) is 28.9 Å². The van der Waals surface area contributed by atoms with Gasteiger partial charge >= 0.3 is 5.97 Å². The van der Waals surface area contributed by atoms with Gasteiger partial charge in [0.2, 0.25) is 5.91 Å². The minimum Gasteiger partial charge on any atom is -0.462 e. The van der Waals surface area contributed by atoms with E-state index in [1.54, 1.807) is 6.92 Å². The van der Waals surface area contributed by atoms with Gasteiger partial charge in [0.05, 0.1) is 12.2 Å². The smallest absolute Gasteiger partial charge is 0.341 e. The van der Waals surface area contributed by atoms with Crippen LogP contribution in [0, 0.1) is 6.92 Å². The molecule has 1 heterocycles. The van der Waals surface area contributed by atoms with E-state index >= 15 is 0 Å². The first-order valence-electron chi connectivity index (χ1n) is 6.20. The molecule has 1 aromatic heterocycles. The second-order valence-electron chi connectivity index (χ2n) is 3.90. The Morgan fingerprint density at radius 3 is 2.58 bits per heavy atom. The highest BCUT2D eigenvalue weighted by Gasteiger charge is 2.23. The lowest BCUT2D eigenvalue weighted by molar-refractivity contribution is -0.115. The molecule has 0 bridgehead atoms. The van der Waals surface area contributed by atoms with Crippen molar-refractivity contribution in [1.29, 1.82) is 0 Å². The third kappa shape index (κ3) is 4.04. The number of carbonyl (C=O) groups is 2. The van der Waals surface area contributed by atoms with Gasteiger partial charge in [0.1, 0.15) is 5.00 Å². The summed E-state index contributed by atoms with van der Waals surface area (Å²) in [6, 6.07) is 0. The molecule has 19 heavy (non-hydrogen) atoms. The summed E-state index contributed by atoms with van der Waals surface area (Å²) in [5, 5.41) is 3.99. The van der Waals surface area contributed by atoms with E-state index in [1.165, 1.54) is 11.3 Å². The lowest BCUT2D eigenvalue weighted by Gasteiger charge is -2.07. The van der Waals surface area contributed by atoms with Gasteiger partial charge in [-0.2, -0.15) is 0 Å².